The summed E-state index contributed by atoms with van der Waals surface area (Å²) < 4.78 is 60.9. The van der Waals surface area contributed by atoms with Crippen LogP contribution >= 0.6 is 0 Å². The van der Waals surface area contributed by atoms with Gasteiger partial charge in [0.25, 0.3) is 5.92 Å². The molecule has 8 heteroatoms. The highest BCUT2D eigenvalue weighted by molar-refractivity contribution is 5.82. The Kier molecular flexibility index (Phi) is 3.72. The summed E-state index contributed by atoms with van der Waals surface area (Å²) in [5.74, 6) is -4.04. The first-order chi connectivity index (χ1) is 7.20. The van der Waals surface area contributed by atoms with Gasteiger partial charge in [-0.15, -0.1) is 0 Å². The number of alkyl halides is 5. The molecule has 1 unspecified atom stereocenters. The van der Waals surface area contributed by atoms with Crippen LogP contribution in [0.25, 0.3) is 0 Å². The molecule has 1 aliphatic heterocycles. The Morgan fingerprint density at radius 1 is 1.44 bits per heavy atom. The highest BCUT2D eigenvalue weighted by atomic mass is 19.4. The van der Waals surface area contributed by atoms with Gasteiger partial charge in [-0.25, -0.2) is 8.78 Å². The molecule has 1 saturated heterocycles. The van der Waals surface area contributed by atoms with Gasteiger partial charge in [-0.2, -0.15) is 13.2 Å². The normalized spacial score (nSPS) is 25.2. The fourth-order valence-electron chi connectivity index (χ4n) is 1.40. The van der Waals surface area contributed by atoms with E-state index in [4.69, 9.17) is 0 Å². The van der Waals surface area contributed by atoms with Gasteiger partial charge in [0.05, 0.1) is 6.04 Å². The fraction of sp³-hybridized carbons (Fsp3) is 0.875. The third-order valence-corrected chi connectivity index (χ3v) is 2.16. The predicted molar refractivity (Wildman–Crippen MR) is 45.0 cm³/mol. The van der Waals surface area contributed by atoms with Crippen LogP contribution in [0.5, 0.6) is 0 Å². The fourth-order valence-corrected chi connectivity index (χ4v) is 1.40. The lowest BCUT2D eigenvalue weighted by Gasteiger charge is -2.29. The molecule has 1 heterocycles. The zero-order valence-corrected chi connectivity index (χ0v) is 8.20. The molecular weight excluding hydrogens is 235 g/mol. The van der Waals surface area contributed by atoms with Gasteiger partial charge in [0.2, 0.25) is 5.91 Å². The molecule has 1 fully saturated rings. The lowest BCUT2D eigenvalue weighted by molar-refractivity contribution is -0.142. The minimum Gasteiger partial charge on any atom is -0.346 e. The first kappa shape index (κ1) is 13.1. The number of nitrogens with one attached hydrogen (secondary N) is 2. The van der Waals surface area contributed by atoms with Crippen LogP contribution in [-0.4, -0.2) is 37.1 Å². The van der Waals surface area contributed by atoms with Crippen molar-refractivity contribution in [1.82, 2.24) is 10.6 Å². The standard InChI is InChI=1S/C8H11F5N2O/c9-7(10)1-2-14-5(3-7)6(16)15-4-8(11,12)13/h5,14H,1-4H2,(H,15,16). The maximum atomic E-state index is 12.8. The number of rotatable bonds is 2. The second-order valence-corrected chi connectivity index (χ2v) is 3.65. The smallest absolute Gasteiger partial charge is 0.346 e. The molecule has 0 aromatic rings. The van der Waals surface area contributed by atoms with Crippen molar-refractivity contribution in [3.05, 3.63) is 0 Å². The van der Waals surface area contributed by atoms with E-state index in [-0.39, 0.29) is 6.54 Å². The largest absolute Gasteiger partial charge is 0.405 e. The average molecular weight is 246 g/mol. The van der Waals surface area contributed by atoms with E-state index in [0.29, 0.717) is 0 Å². The number of piperidine rings is 1. The van der Waals surface area contributed by atoms with Crippen molar-refractivity contribution in [2.24, 2.45) is 0 Å². The van der Waals surface area contributed by atoms with Crippen molar-refractivity contribution >= 4 is 5.91 Å². The highest BCUT2D eigenvalue weighted by Gasteiger charge is 2.39. The summed E-state index contributed by atoms with van der Waals surface area (Å²) in [6, 6.07) is -1.26. The van der Waals surface area contributed by atoms with Crippen LogP contribution in [0.1, 0.15) is 12.8 Å². The molecule has 0 radical (unpaired) electrons. The monoisotopic (exact) mass is 246 g/mol. The predicted octanol–water partition coefficient (Wildman–Crippen LogP) is 1.05. The molecule has 1 aliphatic rings. The van der Waals surface area contributed by atoms with Crippen molar-refractivity contribution in [2.75, 3.05) is 13.1 Å². The lowest BCUT2D eigenvalue weighted by Crippen LogP contribution is -2.53. The highest BCUT2D eigenvalue weighted by Crippen LogP contribution is 2.27. The van der Waals surface area contributed by atoms with Crippen LogP contribution in [0.15, 0.2) is 0 Å². The Bertz CT molecular complexity index is 266. The molecule has 0 aromatic carbocycles. The molecule has 0 bridgehead atoms. The summed E-state index contributed by atoms with van der Waals surface area (Å²) in [7, 11) is 0. The summed E-state index contributed by atoms with van der Waals surface area (Å²) in [5.41, 5.74) is 0. The van der Waals surface area contributed by atoms with Crippen LogP contribution < -0.4 is 10.6 Å². The molecule has 0 aliphatic carbocycles. The van der Waals surface area contributed by atoms with Gasteiger partial charge in [0.1, 0.15) is 6.54 Å². The average Bonchev–Trinajstić information content (AvgIpc) is 2.11. The molecule has 0 spiro atoms. The van der Waals surface area contributed by atoms with Crippen LogP contribution in [0.2, 0.25) is 0 Å². The van der Waals surface area contributed by atoms with Crippen molar-refractivity contribution in [3.8, 4) is 0 Å². The van der Waals surface area contributed by atoms with Crippen LogP contribution in [0.4, 0.5) is 22.0 Å². The van der Waals surface area contributed by atoms with Gasteiger partial charge in [-0.1, -0.05) is 0 Å². The Balaban J connectivity index is 2.42. The lowest BCUT2D eigenvalue weighted by atomic mass is 10.0. The molecule has 1 amide bonds. The van der Waals surface area contributed by atoms with Gasteiger partial charge in [0, 0.05) is 19.4 Å². The maximum Gasteiger partial charge on any atom is 0.405 e. The molecule has 1 rings (SSSR count). The van der Waals surface area contributed by atoms with E-state index in [1.165, 1.54) is 0 Å². The van der Waals surface area contributed by atoms with E-state index >= 15 is 0 Å². The SMILES string of the molecule is O=C(NCC(F)(F)F)C1CC(F)(F)CCN1. The molecule has 2 N–H and O–H groups in total. The van der Waals surface area contributed by atoms with Gasteiger partial charge in [-0.05, 0) is 0 Å². The topological polar surface area (TPSA) is 41.1 Å². The minimum absolute atomic E-state index is 0.0862. The third kappa shape index (κ3) is 4.30. The number of amides is 1. The molecule has 94 valence electrons. The van der Waals surface area contributed by atoms with E-state index < -0.39 is 43.4 Å². The summed E-state index contributed by atoms with van der Waals surface area (Å²) in [6.45, 7) is -1.59. The zero-order valence-electron chi connectivity index (χ0n) is 8.20. The van der Waals surface area contributed by atoms with Gasteiger partial charge >= 0.3 is 6.18 Å². The van der Waals surface area contributed by atoms with Gasteiger partial charge < -0.3 is 10.6 Å². The number of halogens is 5. The first-order valence-corrected chi connectivity index (χ1v) is 4.65. The number of carbonyl (C=O) groups excluding carboxylic acids is 1. The molecule has 0 aromatic heterocycles. The Morgan fingerprint density at radius 2 is 2.06 bits per heavy atom. The number of hydrogen-bond donors (Lipinski definition) is 2. The van der Waals surface area contributed by atoms with E-state index in [0.717, 1.165) is 0 Å². The second-order valence-electron chi connectivity index (χ2n) is 3.65. The van der Waals surface area contributed by atoms with Crippen molar-refractivity contribution in [1.29, 1.82) is 0 Å². The Hall–Kier alpha value is -0.920. The van der Waals surface area contributed by atoms with Crippen LogP contribution in [0.3, 0.4) is 0 Å². The summed E-state index contributed by atoms with van der Waals surface area (Å²) >= 11 is 0. The van der Waals surface area contributed by atoms with E-state index in [1.807, 2.05) is 0 Å². The molecule has 0 saturated carbocycles. The first-order valence-electron chi connectivity index (χ1n) is 4.65. The maximum absolute atomic E-state index is 12.8. The van der Waals surface area contributed by atoms with Crippen molar-refractivity contribution < 1.29 is 26.7 Å². The van der Waals surface area contributed by atoms with E-state index in [9.17, 15) is 26.7 Å². The van der Waals surface area contributed by atoms with Crippen LogP contribution in [-0.2, 0) is 4.79 Å². The van der Waals surface area contributed by atoms with E-state index in [2.05, 4.69) is 5.32 Å². The zero-order chi connectivity index (χ0) is 12.4. The molecular formula is C8H11F5N2O. The molecule has 3 nitrogen and oxygen atoms in total. The molecule has 16 heavy (non-hydrogen) atoms. The summed E-state index contributed by atoms with van der Waals surface area (Å²) in [5, 5.41) is 4.02. The van der Waals surface area contributed by atoms with Gasteiger partial charge in [-0.3, -0.25) is 4.79 Å². The molecule has 1 atom stereocenters. The van der Waals surface area contributed by atoms with E-state index in [1.54, 1.807) is 5.32 Å². The quantitative estimate of drug-likeness (QED) is 0.715. The van der Waals surface area contributed by atoms with Crippen LogP contribution in [0, 0.1) is 0 Å². The Labute approximate surface area is 88.4 Å². The second kappa shape index (κ2) is 4.52. The van der Waals surface area contributed by atoms with Gasteiger partial charge in [0.15, 0.2) is 0 Å². The number of hydrogen-bond acceptors (Lipinski definition) is 2. The van der Waals surface area contributed by atoms with Crippen molar-refractivity contribution in [2.45, 2.75) is 31.0 Å². The minimum atomic E-state index is -4.53. The summed E-state index contributed by atoms with van der Waals surface area (Å²) in [4.78, 5) is 11.1. The summed E-state index contributed by atoms with van der Waals surface area (Å²) in [6.07, 6.45) is -5.71. The Morgan fingerprint density at radius 3 is 2.56 bits per heavy atom. The number of carbonyl (C=O) groups is 1. The third-order valence-electron chi connectivity index (χ3n) is 2.16. The van der Waals surface area contributed by atoms with Crippen molar-refractivity contribution in [3.63, 3.8) is 0 Å².